The number of rotatable bonds is 3. The highest BCUT2D eigenvalue weighted by Crippen LogP contribution is 2.17. The molecule has 2 N–H and O–H groups in total. The van der Waals surface area contributed by atoms with Gasteiger partial charge in [-0.15, -0.1) is 13.7 Å². The molecule has 0 aliphatic carbocycles. The van der Waals surface area contributed by atoms with Crippen LogP contribution in [0.15, 0.2) is 42.6 Å². The topological polar surface area (TPSA) is 82.8 Å². The fourth-order valence-electron chi connectivity index (χ4n) is 2.50. The van der Waals surface area contributed by atoms with Gasteiger partial charge in [-0.25, -0.2) is 4.98 Å². The first-order chi connectivity index (χ1) is 14.7. The molecular weight excluding hydrogens is 397 g/mol. The number of carbonyl (C=O) groups is 1. The van der Waals surface area contributed by atoms with Gasteiger partial charge in [-0.1, -0.05) is 27.7 Å². The van der Waals surface area contributed by atoms with Gasteiger partial charge in [0.25, 0.3) is 0 Å². The quantitative estimate of drug-likeness (QED) is 0.464. The average molecular weight is 432 g/mol. The predicted molar refractivity (Wildman–Crippen MR) is 128 cm³/mol. The average Bonchev–Trinajstić information content (AvgIpc) is 3.18. The molecule has 0 unspecified atom stereocenters. The molecule has 0 spiro atoms. The summed E-state index contributed by atoms with van der Waals surface area (Å²) in [5.74, 6) is 0.412. The summed E-state index contributed by atoms with van der Waals surface area (Å²) in [5, 5.41) is 16.7. The lowest BCUT2D eigenvalue weighted by atomic mass is 10.2. The monoisotopic (exact) mass is 431 g/mol. The zero-order valence-electron chi connectivity index (χ0n) is 18.6. The van der Waals surface area contributed by atoms with Crippen molar-refractivity contribution < 1.29 is 9.90 Å². The van der Waals surface area contributed by atoms with Crippen LogP contribution in [0.5, 0.6) is 5.88 Å². The summed E-state index contributed by atoms with van der Waals surface area (Å²) in [6.07, 6.45) is 5.27. The summed E-state index contributed by atoms with van der Waals surface area (Å²) in [6.45, 7) is 10.7. The lowest BCUT2D eigenvalue weighted by Crippen LogP contribution is -2.27. The van der Waals surface area contributed by atoms with E-state index in [2.05, 4.69) is 27.3 Å². The zero-order chi connectivity index (χ0) is 22.4. The Balaban J connectivity index is 0.000000343. The van der Waals surface area contributed by atoms with E-state index in [1.165, 1.54) is 38.5 Å². The van der Waals surface area contributed by atoms with Gasteiger partial charge in [0.2, 0.25) is 11.8 Å². The van der Waals surface area contributed by atoms with Crippen LogP contribution in [0, 0.1) is 0 Å². The van der Waals surface area contributed by atoms with E-state index >= 15 is 0 Å². The van der Waals surface area contributed by atoms with Crippen molar-refractivity contribution in [3.05, 3.63) is 48.2 Å². The van der Waals surface area contributed by atoms with Gasteiger partial charge < -0.3 is 15.3 Å². The fourth-order valence-corrected chi connectivity index (χ4v) is 3.83. The van der Waals surface area contributed by atoms with E-state index in [0.717, 1.165) is 12.0 Å². The third kappa shape index (κ3) is 8.09. The molecule has 0 amide bonds. The van der Waals surface area contributed by atoms with Crippen LogP contribution in [0.3, 0.4) is 0 Å². The molecule has 0 atom stereocenters. The third-order valence-corrected chi connectivity index (χ3v) is 5.18. The number of benzene rings is 1. The highest BCUT2D eigenvalue weighted by molar-refractivity contribution is 7.38. The third-order valence-electron chi connectivity index (χ3n) is 4.02. The minimum Gasteiger partial charge on any atom is -0.493 e. The molecule has 7 nitrogen and oxygen atoms in total. The Hall–Kier alpha value is -2.50. The second-order valence-corrected chi connectivity index (χ2v) is 7.53. The molecule has 3 aromatic rings. The summed E-state index contributed by atoms with van der Waals surface area (Å²) >= 11 is 0. The maximum atomic E-state index is 10.6. The number of aromatic hydroxyl groups is 1. The molecule has 30 heavy (non-hydrogen) atoms. The van der Waals surface area contributed by atoms with Crippen LogP contribution in [0.25, 0.3) is 5.52 Å². The summed E-state index contributed by atoms with van der Waals surface area (Å²) < 4.78 is 1.38. The van der Waals surface area contributed by atoms with Gasteiger partial charge in [0.05, 0.1) is 11.7 Å². The highest BCUT2D eigenvalue weighted by atomic mass is 31.1. The molecule has 164 valence electrons. The second-order valence-electron chi connectivity index (χ2n) is 6.03. The Morgan fingerprint density at radius 2 is 1.67 bits per heavy atom. The van der Waals surface area contributed by atoms with Gasteiger partial charge in [-0.3, -0.25) is 4.79 Å². The SMILES string of the molecule is CC.CC.CN1CCPCC1.O=Cc1ccc(Nc2ncc3ccc(O)n3n2)cc1. The zero-order valence-corrected chi connectivity index (χ0v) is 19.6. The molecule has 3 heterocycles. The van der Waals surface area contributed by atoms with Crippen LogP contribution in [-0.2, 0) is 0 Å². The fraction of sp³-hybridized carbons (Fsp3) is 0.409. The number of fused-ring (bicyclic) bond motifs is 1. The van der Waals surface area contributed by atoms with Crippen LogP contribution in [0.1, 0.15) is 38.1 Å². The summed E-state index contributed by atoms with van der Waals surface area (Å²) in [6, 6.07) is 10.2. The van der Waals surface area contributed by atoms with E-state index in [0.29, 0.717) is 17.0 Å². The van der Waals surface area contributed by atoms with E-state index in [9.17, 15) is 9.90 Å². The van der Waals surface area contributed by atoms with Crippen molar-refractivity contribution in [3.8, 4) is 5.88 Å². The lowest BCUT2D eigenvalue weighted by Gasteiger charge is -2.20. The Morgan fingerprint density at radius 3 is 2.20 bits per heavy atom. The van der Waals surface area contributed by atoms with Gasteiger partial charge in [-0.2, -0.15) is 4.52 Å². The van der Waals surface area contributed by atoms with Crippen LogP contribution >= 0.6 is 8.58 Å². The van der Waals surface area contributed by atoms with Crippen LogP contribution in [-0.4, -0.2) is 63.4 Å². The maximum absolute atomic E-state index is 10.6. The van der Waals surface area contributed by atoms with Gasteiger partial charge in [0.15, 0.2) is 0 Å². The molecule has 1 aliphatic heterocycles. The van der Waals surface area contributed by atoms with Gasteiger partial charge >= 0.3 is 0 Å². The Morgan fingerprint density at radius 1 is 1.03 bits per heavy atom. The minimum absolute atomic E-state index is 0.0525. The van der Waals surface area contributed by atoms with Gasteiger partial charge in [0.1, 0.15) is 6.29 Å². The van der Waals surface area contributed by atoms with Gasteiger partial charge in [0, 0.05) is 30.4 Å². The van der Waals surface area contributed by atoms with E-state index < -0.39 is 0 Å². The molecule has 4 rings (SSSR count). The van der Waals surface area contributed by atoms with E-state index in [1.807, 2.05) is 27.7 Å². The lowest BCUT2D eigenvalue weighted by molar-refractivity contribution is 0.112. The molecule has 1 saturated heterocycles. The summed E-state index contributed by atoms with van der Waals surface area (Å²) in [4.78, 5) is 17.1. The van der Waals surface area contributed by atoms with Crippen molar-refractivity contribution in [3.63, 3.8) is 0 Å². The molecule has 1 aliphatic rings. The van der Waals surface area contributed by atoms with Crippen LogP contribution < -0.4 is 5.32 Å². The smallest absolute Gasteiger partial charge is 0.245 e. The number of aromatic nitrogens is 3. The van der Waals surface area contributed by atoms with Crippen molar-refractivity contribution >= 4 is 32.0 Å². The van der Waals surface area contributed by atoms with Crippen molar-refractivity contribution in [1.29, 1.82) is 0 Å². The Kier molecular flexibility index (Phi) is 12.3. The summed E-state index contributed by atoms with van der Waals surface area (Å²) in [5.41, 5.74) is 2.07. The molecule has 0 saturated carbocycles. The largest absolute Gasteiger partial charge is 0.493 e. The minimum atomic E-state index is 0.0525. The number of hydrogen-bond donors (Lipinski definition) is 2. The van der Waals surface area contributed by atoms with E-state index in [4.69, 9.17) is 0 Å². The van der Waals surface area contributed by atoms with Gasteiger partial charge in [-0.05, 0) is 49.7 Å². The molecule has 0 radical (unpaired) electrons. The molecule has 1 fully saturated rings. The molecular formula is C22H34N5O2P. The molecule has 2 aromatic heterocycles. The maximum Gasteiger partial charge on any atom is 0.245 e. The van der Waals surface area contributed by atoms with Crippen molar-refractivity contribution in [2.75, 3.05) is 37.8 Å². The molecule has 1 aromatic carbocycles. The van der Waals surface area contributed by atoms with Crippen molar-refractivity contribution in [2.24, 2.45) is 0 Å². The number of nitrogens with one attached hydrogen (secondary N) is 1. The van der Waals surface area contributed by atoms with Crippen LogP contribution in [0.2, 0.25) is 0 Å². The predicted octanol–water partition coefficient (Wildman–Crippen LogP) is 4.65. The number of hydrogen-bond acceptors (Lipinski definition) is 6. The second kappa shape index (κ2) is 14.5. The molecule has 8 heteroatoms. The number of carbonyl (C=O) groups excluding carboxylic acids is 1. The number of anilines is 2. The van der Waals surface area contributed by atoms with Crippen molar-refractivity contribution in [2.45, 2.75) is 27.7 Å². The van der Waals surface area contributed by atoms with Crippen LogP contribution in [0.4, 0.5) is 11.6 Å². The first-order valence-electron chi connectivity index (χ1n) is 10.4. The number of nitrogens with zero attached hydrogens (tertiary/aromatic N) is 4. The summed E-state index contributed by atoms with van der Waals surface area (Å²) in [7, 11) is 3.44. The van der Waals surface area contributed by atoms with E-state index in [-0.39, 0.29) is 5.88 Å². The Bertz CT molecular complexity index is 862. The highest BCUT2D eigenvalue weighted by Gasteiger charge is 2.04. The Labute approximate surface area is 181 Å². The van der Waals surface area contributed by atoms with E-state index in [1.54, 1.807) is 42.6 Å². The molecule has 0 bridgehead atoms. The first-order valence-corrected chi connectivity index (χ1v) is 11.8. The van der Waals surface area contributed by atoms with Crippen molar-refractivity contribution in [1.82, 2.24) is 19.5 Å². The normalized spacial score (nSPS) is 13.0. The standard InChI is InChI=1S/C13H10N4O2.C5H12NP.2C2H6/c18-8-9-1-3-10(4-2-9)15-13-14-7-11-5-6-12(19)17(11)16-13;1-6-2-4-7-5-3-6;2*1-2/h1-8,19H,(H,15,16);7H,2-5H2,1H3;2*1-2H3. The number of aldehydes is 1. The first kappa shape index (κ1) is 25.5.